The topological polar surface area (TPSA) is 91.1 Å². The number of ether oxygens (including phenoxy) is 3. The van der Waals surface area contributed by atoms with Crippen molar-refractivity contribution in [1.82, 2.24) is 10.1 Å². The number of hydrogen-bond donors (Lipinski definition) is 0. The molecule has 1 aromatic carbocycles. The number of amides is 1. The van der Waals surface area contributed by atoms with Gasteiger partial charge in [-0.25, -0.2) is 4.79 Å². The van der Waals surface area contributed by atoms with Crippen molar-refractivity contribution in [2.45, 2.75) is 90.1 Å². The molecule has 1 heterocycles. The minimum Gasteiger partial charge on any atom is -0.490 e. The predicted octanol–water partition coefficient (Wildman–Crippen LogP) is 5.74. The van der Waals surface area contributed by atoms with Gasteiger partial charge in [0.05, 0.1) is 18.1 Å². The van der Waals surface area contributed by atoms with Crippen molar-refractivity contribution < 1.29 is 28.3 Å². The SMILES string of the molecule is CC(C)OC(=O)C1CCC[C@H](Oc2ccc(-c3conc3COC(=O)N(C)C3CCCC3)cc2)C1. The van der Waals surface area contributed by atoms with Gasteiger partial charge in [0.25, 0.3) is 0 Å². The summed E-state index contributed by atoms with van der Waals surface area (Å²) in [5, 5.41) is 4.04. The average molecular weight is 485 g/mol. The quantitative estimate of drug-likeness (QED) is 0.441. The molecular weight excluding hydrogens is 448 g/mol. The lowest BCUT2D eigenvalue weighted by Crippen LogP contribution is -2.35. The first-order valence-corrected chi connectivity index (χ1v) is 12.7. The van der Waals surface area contributed by atoms with Crippen molar-refractivity contribution in [3.8, 4) is 16.9 Å². The fourth-order valence-corrected chi connectivity index (χ4v) is 4.97. The molecule has 0 N–H and O–H groups in total. The van der Waals surface area contributed by atoms with Crippen molar-refractivity contribution in [3.05, 3.63) is 36.2 Å². The summed E-state index contributed by atoms with van der Waals surface area (Å²) in [5.74, 6) is 0.517. The van der Waals surface area contributed by atoms with Crippen LogP contribution in [0.1, 0.15) is 70.9 Å². The van der Waals surface area contributed by atoms with E-state index in [1.54, 1.807) is 18.2 Å². The Hall–Kier alpha value is -3.03. The van der Waals surface area contributed by atoms with Gasteiger partial charge in [-0.1, -0.05) is 30.1 Å². The number of benzene rings is 1. The van der Waals surface area contributed by atoms with Crippen LogP contribution in [-0.2, 0) is 20.9 Å². The maximum atomic E-state index is 12.4. The van der Waals surface area contributed by atoms with Crippen LogP contribution in [0.3, 0.4) is 0 Å². The minimum absolute atomic E-state index is 0.0123. The number of esters is 1. The van der Waals surface area contributed by atoms with Gasteiger partial charge in [-0.05, 0) is 70.1 Å². The standard InChI is InChI=1S/C27H36N2O6/c1-18(2)34-26(30)20-7-6-10-23(15-20)35-22-13-11-19(12-14-22)24-16-33-28-25(24)17-32-27(31)29(3)21-8-4-5-9-21/h11-14,16,18,20-21,23H,4-10,15,17H2,1-3H3/t20?,23-/m0/s1. The minimum atomic E-state index is -0.336. The molecule has 0 radical (unpaired) electrons. The molecule has 0 spiro atoms. The van der Waals surface area contributed by atoms with Crippen LogP contribution >= 0.6 is 0 Å². The number of nitrogens with zero attached hydrogens (tertiary/aromatic N) is 2. The summed E-state index contributed by atoms with van der Waals surface area (Å²) < 4.78 is 22.2. The Bertz CT molecular complexity index is 980. The summed E-state index contributed by atoms with van der Waals surface area (Å²) in [6.45, 7) is 3.79. The van der Waals surface area contributed by atoms with Gasteiger partial charge in [-0.3, -0.25) is 4.79 Å². The Kier molecular flexibility index (Phi) is 8.31. The van der Waals surface area contributed by atoms with E-state index in [-0.39, 0.29) is 42.8 Å². The summed E-state index contributed by atoms with van der Waals surface area (Å²) in [6, 6.07) is 7.94. The summed E-state index contributed by atoms with van der Waals surface area (Å²) in [7, 11) is 1.79. The van der Waals surface area contributed by atoms with Gasteiger partial charge in [0.2, 0.25) is 0 Å². The van der Waals surface area contributed by atoms with Crippen molar-refractivity contribution in [3.63, 3.8) is 0 Å². The monoisotopic (exact) mass is 484 g/mol. The summed E-state index contributed by atoms with van der Waals surface area (Å²) in [6.07, 6.45) is 8.86. The van der Waals surface area contributed by atoms with E-state index in [9.17, 15) is 9.59 Å². The molecule has 0 aliphatic heterocycles. The van der Waals surface area contributed by atoms with Gasteiger partial charge < -0.3 is 23.6 Å². The predicted molar refractivity (Wildman–Crippen MR) is 130 cm³/mol. The van der Waals surface area contributed by atoms with Crippen LogP contribution < -0.4 is 4.74 Å². The molecule has 8 heteroatoms. The maximum Gasteiger partial charge on any atom is 0.410 e. The van der Waals surface area contributed by atoms with Crippen LogP contribution in [0, 0.1) is 5.92 Å². The molecule has 2 saturated carbocycles. The second kappa shape index (κ2) is 11.6. The molecule has 190 valence electrons. The largest absolute Gasteiger partial charge is 0.490 e. The smallest absolute Gasteiger partial charge is 0.410 e. The van der Waals surface area contributed by atoms with Gasteiger partial charge >= 0.3 is 12.1 Å². The average Bonchev–Trinajstić information content (AvgIpc) is 3.55. The Balaban J connectivity index is 1.32. The normalized spacial score (nSPS) is 20.6. The zero-order chi connectivity index (χ0) is 24.8. The van der Waals surface area contributed by atoms with E-state index in [0.29, 0.717) is 12.1 Å². The van der Waals surface area contributed by atoms with Crippen LogP contribution in [0.15, 0.2) is 35.1 Å². The van der Waals surface area contributed by atoms with Gasteiger partial charge in [0.1, 0.15) is 24.3 Å². The number of aromatic nitrogens is 1. The lowest BCUT2D eigenvalue weighted by atomic mass is 9.87. The molecule has 0 saturated heterocycles. The highest BCUT2D eigenvalue weighted by molar-refractivity contribution is 5.72. The van der Waals surface area contributed by atoms with Crippen LogP contribution in [-0.4, -0.2) is 47.4 Å². The first-order valence-electron chi connectivity index (χ1n) is 12.7. The zero-order valence-corrected chi connectivity index (χ0v) is 20.9. The molecule has 0 bridgehead atoms. The Morgan fingerprint density at radius 3 is 2.54 bits per heavy atom. The van der Waals surface area contributed by atoms with Crippen molar-refractivity contribution >= 4 is 12.1 Å². The third kappa shape index (κ3) is 6.55. The van der Waals surface area contributed by atoms with Crippen LogP contribution in [0.2, 0.25) is 0 Å². The van der Waals surface area contributed by atoms with E-state index in [0.717, 1.165) is 61.8 Å². The van der Waals surface area contributed by atoms with E-state index in [1.165, 1.54) is 0 Å². The third-order valence-electron chi connectivity index (χ3n) is 6.92. The van der Waals surface area contributed by atoms with Crippen LogP contribution in [0.4, 0.5) is 4.79 Å². The second-order valence-corrected chi connectivity index (χ2v) is 9.89. The number of rotatable bonds is 8. The molecule has 1 aromatic heterocycles. The van der Waals surface area contributed by atoms with E-state index in [2.05, 4.69) is 5.16 Å². The number of hydrogen-bond acceptors (Lipinski definition) is 7. The second-order valence-electron chi connectivity index (χ2n) is 9.89. The van der Waals surface area contributed by atoms with Crippen molar-refractivity contribution in [2.24, 2.45) is 5.92 Å². The molecule has 1 unspecified atom stereocenters. The van der Waals surface area contributed by atoms with Gasteiger partial charge in [0, 0.05) is 18.7 Å². The lowest BCUT2D eigenvalue weighted by molar-refractivity contribution is -0.154. The zero-order valence-electron chi connectivity index (χ0n) is 20.9. The first-order chi connectivity index (χ1) is 16.9. The highest BCUT2D eigenvalue weighted by Crippen LogP contribution is 2.31. The fourth-order valence-electron chi connectivity index (χ4n) is 4.97. The van der Waals surface area contributed by atoms with Gasteiger partial charge in [-0.2, -0.15) is 0 Å². The summed E-state index contributed by atoms with van der Waals surface area (Å²) in [4.78, 5) is 26.4. The highest BCUT2D eigenvalue weighted by atomic mass is 16.6. The number of carbonyl (C=O) groups excluding carboxylic acids is 2. The highest BCUT2D eigenvalue weighted by Gasteiger charge is 2.30. The van der Waals surface area contributed by atoms with Crippen LogP contribution in [0.25, 0.3) is 11.1 Å². The third-order valence-corrected chi connectivity index (χ3v) is 6.92. The summed E-state index contributed by atoms with van der Waals surface area (Å²) >= 11 is 0. The molecule has 2 aliphatic carbocycles. The Morgan fingerprint density at radius 2 is 1.83 bits per heavy atom. The molecule has 8 nitrogen and oxygen atoms in total. The maximum absolute atomic E-state index is 12.4. The lowest BCUT2D eigenvalue weighted by Gasteiger charge is -2.29. The molecule has 2 aliphatic rings. The van der Waals surface area contributed by atoms with E-state index in [4.69, 9.17) is 18.7 Å². The Morgan fingerprint density at radius 1 is 1.09 bits per heavy atom. The van der Waals surface area contributed by atoms with Gasteiger partial charge in [-0.15, -0.1) is 0 Å². The molecular formula is C27H36N2O6. The van der Waals surface area contributed by atoms with Crippen LogP contribution in [0.5, 0.6) is 5.75 Å². The van der Waals surface area contributed by atoms with Crippen molar-refractivity contribution in [1.29, 1.82) is 0 Å². The summed E-state index contributed by atoms with van der Waals surface area (Å²) in [5.41, 5.74) is 2.25. The fraction of sp³-hybridized carbons (Fsp3) is 0.593. The van der Waals surface area contributed by atoms with E-state index in [1.807, 2.05) is 38.1 Å². The number of carbonyl (C=O) groups is 2. The van der Waals surface area contributed by atoms with E-state index >= 15 is 0 Å². The Labute approximate surface area is 206 Å². The first kappa shape index (κ1) is 25.1. The molecule has 2 atom stereocenters. The molecule has 4 rings (SSSR count). The van der Waals surface area contributed by atoms with Gasteiger partial charge in [0.15, 0.2) is 0 Å². The van der Waals surface area contributed by atoms with E-state index < -0.39 is 0 Å². The molecule has 2 fully saturated rings. The molecule has 1 amide bonds. The molecule has 35 heavy (non-hydrogen) atoms. The molecule has 2 aromatic rings. The van der Waals surface area contributed by atoms with Crippen molar-refractivity contribution in [2.75, 3.05) is 7.05 Å².